The van der Waals surface area contributed by atoms with E-state index in [0.717, 1.165) is 31.7 Å². The van der Waals surface area contributed by atoms with Crippen LogP contribution >= 0.6 is 0 Å². The van der Waals surface area contributed by atoms with E-state index in [9.17, 15) is 0 Å². The van der Waals surface area contributed by atoms with Gasteiger partial charge in [-0.15, -0.1) is 5.10 Å². The second kappa shape index (κ2) is 5.40. The average molecular weight is 183 g/mol. The molecule has 0 saturated heterocycles. The van der Waals surface area contributed by atoms with Crippen molar-refractivity contribution >= 4 is 5.82 Å². The molecule has 0 aromatic carbocycles. The van der Waals surface area contributed by atoms with Gasteiger partial charge in [-0.25, -0.2) is 0 Å². The second-order valence-corrected chi connectivity index (χ2v) is 2.88. The largest absolute Gasteiger partial charge is 0.367 e. The molecular formula is C8H17N5. The molecule has 0 bridgehead atoms. The SMILES string of the molecule is CCCNc1cn(NCCC)nn1. The molecule has 0 spiro atoms. The van der Waals surface area contributed by atoms with Crippen LogP contribution in [0.25, 0.3) is 0 Å². The maximum Gasteiger partial charge on any atom is 0.170 e. The third-order valence-electron chi connectivity index (χ3n) is 1.57. The average Bonchev–Trinajstić information content (AvgIpc) is 2.59. The van der Waals surface area contributed by atoms with E-state index in [2.05, 4.69) is 34.9 Å². The third kappa shape index (κ3) is 3.31. The summed E-state index contributed by atoms with van der Waals surface area (Å²) in [5.74, 6) is 0.824. The quantitative estimate of drug-likeness (QED) is 0.692. The van der Waals surface area contributed by atoms with Gasteiger partial charge in [0, 0.05) is 13.1 Å². The van der Waals surface area contributed by atoms with Gasteiger partial charge in [0.2, 0.25) is 0 Å². The topological polar surface area (TPSA) is 54.8 Å². The summed E-state index contributed by atoms with van der Waals surface area (Å²) in [6.45, 7) is 6.08. The van der Waals surface area contributed by atoms with Crippen LogP contribution in [0.4, 0.5) is 5.82 Å². The van der Waals surface area contributed by atoms with E-state index < -0.39 is 0 Å². The highest BCUT2D eigenvalue weighted by molar-refractivity contribution is 5.29. The standard InChI is InChI=1S/C8H17N5/c1-3-5-9-8-7-13(12-11-8)10-6-4-2/h7,9-10H,3-6H2,1-2H3. The minimum Gasteiger partial charge on any atom is -0.367 e. The fourth-order valence-corrected chi connectivity index (χ4v) is 0.902. The van der Waals surface area contributed by atoms with Gasteiger partial charge >= 0.3 is 0 Å². The number of rotatable bonds is 6. The molecule has 0 aliphatic rings. The molecule has 0 atom stereocenters. The molecule has 0 fully saturated rings. The van der Waals surface area contributed by atoms with E-state index in [0.29, 0.717) is 0 Å². The van der Waals surface area contributed by atoms with Crippen molar-refractivity contribution in [1.29, 1.82) is 0 Å². The summed E-state index contributed by atoms with van der Waals surface area (Å²) in [6.07, 6.45) is 4.03. The molecule has 74 valence electrons. The molecule has 5 heteroatoms. The van der Waals surface area contributed by atoms with Crippen molar-refractivity contribution in [2.75, 3.05) is 23.8 Å². The fraction of sp³-hybridized carbons (Fsp3) is 0.750. The van der Waals surface area contributed by atoms with Gasteiger partial charge in [0.1, 0.15) is 0 Å². The summed E-state index contributed by atoms with van der Waals surface area (Å²) in [6, 6.07) is 0. The van der Waals surface area contributed by atoms with Crippen molar-refractivity contribution in [3.63, 3.8) is 0 Å². The lowest BCUT2D eigenvalue weighted by Crippen LogP contribution is -2.15. The van der Waals surface area contributed by atoms with Crippen LogP contribution in [0.15, 0.2) is 6.20 Å². The normalized spacial score (nSPS) is 10.0. The molecular weight excluding hydrogens is 166 g/mol. The summed E-state index contributed by atoms with van der Waals surface area (Å²) in [7, 11) is 0. The highest BCUT2D eigenvalue weighted by Crippen LogP contribution is 1.97. The van der Waals surface area contributed by atoms with E-state index >= 15 is 0 Å². The molecule has 0 unspecified atom stereocenters. The zero-order valence-electron chi connectivity index (χ0n) is 8.25. The Balaban J connectivity index is 2.34. The van der Waals surface area contributed by atoms with Crippen LogP contribution in [0, 0.1) is 0 Å². The number of hydrogen-bond acceptors (Lipinski definition) is 4. The monoisotopic (exact) mass is 183 g/mol. The van der Waals surface area contributed by atoms with Crippen molar-refractivity contribution < 1.29 is 0 Å². The van der Waals surface area contributed by atoms with Gasteiger partial charge in [0.05, 0.1) is 6.20 Å². The predicted molar refractivity (Wildman–Crippen MR) is 53.3 cm³/mol. The zero-order chi connectivity index (χ0) is 9.52. The smallest absolute Gasteiger partial charge is 0.170 e. The molecule has 1 aromatic rings. The Morgan fingerprint density at radius 1 is 1.31 bits per heavy atom. The Kier molecular flexibility index (Phi) is 4.08. The number of nitrogens with one attached hydrogen (secondary N) is 2. The molecule has 13 heavy (non-hydrogen) atoms. The van der Waals surface area contributed by atoms with Gasteiger partial charge in [-0.1, -0.05) is 13.8 Å². The number of nitrogens with zero attached hydrogens (tertiary/aromatic N) is 3. The maximum absolute atomic E-state index is 3.95. The number of aromatic nitrogens is 3. The van der Waals surface area contributed by atoms with Crippen molar-refractivity contribution in [1.82, 2.24) is 15.1 Å². The third-order valence-corrected chi connectivity index (χ3v) is 1.57. The van der Waals surface area contributed by atoms with E-state index in [4.69, 9.17) is 0 Å². The fourth-order valence-electron chi connectivity index (χ4n) is 0.902. The van der Waals surface area contributed by atoms with E-state index in [1.165, 1.54) is 0 Å². The molecule has 0 amide bonds. The second-order valence-electron chi connectivity index (χ2n) is 2.88. The molecule has 1 aromatic heterocycles. The van der Waals surface area contributed by atoms with Crippen molar-refractivity contribution in [3.05, 3.63) is 6.20 Å². The Labute approximate surface area is 78.5 Å². The number of hydrogen-bond donors (Lipinski definition) is 2. The summed E-state index contributed by atoms with van der Waals surface area (Å²) in [4.78, 5) is 1.64. The molecule has 0 aliphatic carbocycles. The molecule has 0 saturated carbocycles. The lowest BCUT2D eigenvalue weighted by molar-refractivity contribution is 0.683. The Morgan fingerprint density at radius 2 is 2.08 bits per heavy atom. The van der Waals surface area contributed by atoms with E-state index in [1.54, 1.807) is 4.79 Å². The Bertz CT molecular complexity index is 210. The van der Waals surface area contributed by atoms with Crippen LogP contribution in [-0.4, -0.2) is 28.2 Å². The highest BCUT2D eigenvalue weighted by Gasteiger charge is 1.96. The minimum absolute atomic E-state index is 0.824. The lowest BCUT2D eigenvalue weighted by Gasteiger charge is -2.00. The van der Waals surface area contributed by atoms with Crippen molar-refractivity contribution in [2.45, 2.75) is 26.7 Å². The molecule has 2 N–H and O–H groups in total. The molecule has 1 rings (SSSR count). The summed E-state index contributed by atoms with van der Waals surface area (Å²) in [5, 5.41) is 11.0. The molecule has 1 heterocycles. The minimum atomic E-state index is 0.824. The van der Waals surface area contributed by atoms with E-state index in [1.807, 2.05) is 6.20 Å². The van der Waals surface area contributed by atoms with E-state index in [-0.39, 0.29) is 0 Å². The van der Waals surface area contributed by atoms with Crippen molar-refractivity contribution in [2.24, 2.45) is 0 Å². The van der Waals surface area contributed by atoms with Gasteiger partial charge in [0.25, 0.3) is 0 Å². The molecule has 0 radical (unpaired) electrons. The predicted octanol–water partition coefficient (Wildman–Crippen LogP) is 1.05. The maximum atomic E-state index is 3.95. The zero-order valence-corrected chi connectivity index (χ0v) is 8.25. The van der Waals surface area contributed by atoms with Crippen LogP contribution < -0.4 is 10.7 Å². The molecule has 0 aliphatic heterocycles. The van der Waals surface area contributed by atoms with Crippen LogP contribution in [0.3, 0.4) is 0 Å². The van der Waals surface area contributed by atoms with Gasteiger partial charge in [0.15, 0.2) is 5.82 Å². The van der Waals surface area contributed by atoms with Crippen molar-refractivity contribution in [3.8, 4) is 0 Å². The molecule has 5 nitrogen and oxygen atoms in total. The first-order valence-corrected chi connectivity index (χ1v) is 4.77. The lowest BCUT2D eigenvalue weighted by atomic mass is 10.5. The van der Waals surface area contributed by atoms with Crippen LogP contribution in [0.1, 0.15) is 26.7 Å². The van der Waals surface area contributed by atoms with Gasteiger partial charge in [-0.3, -0.25) is 0 Å². The Morgan fingerprint density at radius 3 is 2.77 bits per heavy atom. The van der Waals surface area contributed by atoms with Gasteiger partial charge < -0.3 is 10.7 Å². The first-order valence-electron chi connectivity index (χ1n) is 4.77. The van der Waals surface area contributed by atoms with Crippen LogP contribution in [0.5, 0.6) is 0 Å². The highest BCUT2D eigenvalue weighted by atomic mass is 15.6. The van der Waals surface area contributed by atoms with Gasteiger partial charge in [-0.05, 0) is 18.1 Å². The first kappa shape index (κ1) is 9.83. The van der Waals surface area contributed by atoms with Gasteiger partial charge in [-0.2, -0.15) is 4.79 Å². The summed E-state index contributed by atoms with van der Waals surface area (Å²) in [5.41, 5.74) is 3.09. The Hall–Kier alpha value is -1.26. The first-order chi connectivity index (χ1) is 6.36. The van der Waals surface area contributed by atoms with Crippen LogP contribution in [-0.2, 0) is 0 Å². The van der Waals surface area contributed by atoms with Crippen LogP contribution in [0.2, 0.25) is 0 Å². The summed E-state index contributed by atoms with van der Waals surface area (Å²) >= 11 is 0. The summed E-state index contributed by atoms with van der Waals surface area (Å²) < 4.78 is 0. The number of anilines is 1.